The van der Waals surface area contributed by atoms with Gasteiger partial charge in [0.15, 0.2) is 5.96 Å². The Hall–Kier alpha value is -2.67. The Labute approximate surface area is 158 Å². The Kier molecular flexibility index (Phi) is 8.51. The molecule has 2 rings (SSSR count). The van der Waals surface area contributed by atoms with Gasteiger partial charge < -0.3 is 20.1 Å². The molecule has 27 heavy (non-hydrogen) atoms. The lowest BCUT2D eigenvalue weighted by Gasteiger charge is -2.15. The molecule has 5 nitrogen and oxygen atoms in total. The standard InChI is InChI=1S/C20H25F2N3O2/c1-15-8-9-18(27-19(21)22)17(12-15)13-25-20(23-2)24-10-11-26-14-16-6-4-3-5-7-16/h3-9,12,19H,10-11,13-14H2,1-2H3,(H2,23,24,25). The number of aryl methyl sites for hydroxylation is 1. The van der Waals surface area contributed by atoms with Gasteiger partial charge in [-0.2, -0.15) is 8.78 Å². The normalized spacial score (nSPS) is 11.5. The van der Waals surface area contributed by atoms with Crippen molar-refractivity contribution in [3.05, 3.63) is 65.2 Å². The minimum atomic E-state index is -2.86. The molecule has 7 heteroatoms. The van der Waals surface area contributed by atoms with Crippen LogP contribution in [0.15, 0.2) is 53.5 Å². The van der Waals surface area contributed by atoms with Gasteiger partial charge in [-0.3, -0.25) is 4.99 Å². The summed E-state index contributed by atoms with van der Waals surface area (Å²) in [6.07, 6.45) is 0. The Morgan fingerprint density at radius 3 is 2.59 bits per heavy atom. The van der Waals surface area contributed by atoms with Crippen LogP contribution in [0.2, 0.25) is 0 Å². The molecular formula is C20H25F2N3O2. The zero-order valence-electron chi connectivity index (χ0n) is 15.5. The molecule has 2 aromatic carbocycles. The third-order valence-electron chi connectivity index (χ3n) is 3.75. The number of guanidine groups is 1. The summed E-state index contributed by atoms with van der Waals surface area (Å²) in [7, 11) is 1.65. The zero-order valence-corrected chi connectivity index (χ0v) is 15.5. The van der Waals surface area contributed by atoms with Gasteiger partial charge in [0, 0.05) is 25.7 Å². The van der Waals surface area contributed by atoms with Crippen molar-refractivity contribution in [1.82, 2.24) is 10.6 Å². The summed E-state index contributed by atoms with van der Waals surface area (Å²) in [5, 5.41) is 6.22. The topological polar surface area (TPSA) is 54.9 Å². The van der Waals surface area contributed by atoms with Crippen molar-refractivity contribution in [2.45, 2.75) is 26.7 Å². The van der Waals surface area contributed by atoms with Crippen molar-refractivity contribution >= 4 is 5.96 Å². The first-order valence-corrected chi connectivity index (χ1v) is 8.69. The van der Waals surface area contributed by atoms with Crippen LogP contribution in [0.3, 0.4) is 0 Å². The fourth-order valence-electron chi connectivity index (χ4n) is 2.46. The summed E-state index contributed by atoms with van der Waals surface area (Å²) in [6.45, 7) is 0.985. The summed E-state index contributed by atoms with van der Waals surface area (Å²) in [4.78, 5) is 4.12. The number of rotatable bonds is 9. The number of alkyl halides is 2. The number of hydrogen-bond acceptors (Lipinski definition) is 3. The largest absolute Gasteiger partial charge is 0.434 e. The third kappa shape index (κ3) is 7.62. The first kappa shape index (κ1) is 20.6. The maximum absolute atomic E-state index is 12.5. The number of nitrogens with one attached hydrogen (secondary N) is 2. The fraction of sp³-hybridized carbons (Fsp3) is 0.350. The van der Waals surface area contributed by atoms with Crippen molar-refractivity contribution in [1.29, 1.82) is 0 Å². The number of hydrogen-bond donors (Lipinski definition) is 2. The van der Waals surface area contributed by atoms with Gasteiger partial charge in [0.1, 0.15) is 5.75 Å². The molecule has 0 heterocycles. The van der Waals surface area contributed by atoms with Crippen LogP contribution in [0.1, 0.15) is 16.7 Å². The average Bonchev–Trinajstić information content (AvgIpc) is 2.66. The minimum Gasteiger partial charge on any atom is -0.434 e. The minimum absolute atomic E-state index is 0.157. The van der Waals surface area contributed by atoms with Gasteiger partial charge in [0.2, 0.25) is 0 Å². The lowest BCUT2D eigenvalue weighted by Crippen LogP contribution is -2.38. The predicted octanol–water partition coefficient (Wildman–Crippen LogP) is 3.48. The Morgan fingerprint density at radius 2 is 1.89 bits per heavy atom. The molecule has 0 unspecified atom stereocenters. The molecule has 0 fully saturated rings. The highest BCUT2D eigenvalue weighted by Gasteiger charge is 2.10. The summed E-state index contributed by atoms with van der Waals surface area (Å²) in [5.41, 5.74) is 2.72. The maximum Gasteiger partial charge on any atom is 0.387 e. The molecule has 0 aliphatic rings. The number of benzene rings is 2. The second-order valence-corrected chi connectivity index (χ2v) is 5.88. The molecule has 2 aromatic rings. The SMILES string of the molecule is CN=C(NCCOCc1ccccc1)NCc1cc(C)ccc1OC(F)F. The first-order chi connectivity index (χ1) is 13.1. The average molecular weight is 377 g/mol. The van der Waals surface area contributed by atoms with E-state index in [0.717, 1.165) is 11.1 Å². The van der Waals surface area contributed by atoms with E-state index in [-0.39, 0.29) is 5.75 Å². The Bertz CT molecular complexity index is 724. The Morgan fingerprint density at radius 1 is 1.11 bits per heavy atom. The molecule has 0 spiro atoms. The van der Waals surface area contributed by atoms with E-state index in [2.05, 4.69) is 20.4 Å². The van der Waals surface area contributed by atoms with Crippen molar-refractivity contribution < 1.29 is 18.3 Å². The second-order valence-electron chi connectivity index (χ2n) is 5.88. The van der Waals surface area contributed by atoms with E-state index >= 15 is 0 Å². The summed E-state index contributed by atoms with van der Waals surface area (Å²) < 4.78 is 35.2. The van der Waals surface area contributed by atoms with Gasteiger partial charge in [-0.15, -0.1) is 0 Å². The molecule has 146 valence electrons. The quantitative estimate of drug-likeness (QED) is 0.399. The highest BCUT2D eigenvalue weighted by Crippen LogP contribution is 2.21. The van der Waals surface area contributed by atoms with E-state index in [9.17, 15) is 8.78 Å². The number of halogens is 2. The van der Waals surface area contributed by atoms with Crippen LogP contribution in [-0.4, -0.2) is 32.8 Å². The monoisotopic (exact) mass is 377 g/mol. The van der Waals surface area contributed by atoms with Crippen LogP contribution < -0.4 is 15.4 Å². The van der Waals surface area contributed by atoms with Gasteiger partial charge in [-0.25, -0.2) is 0 Å². The molecular weight excluding hydrogens is 352 g/mol. The van der Waals surface area contributed by atoms with Crippen LogP contribution in [0, 0.1) is 6.92 Å². The van der Waals surface area contributed by atoms with Crippen LogP contribution in [0.25, 0.3) is 0 Å². The van der Waals surface area contributed by atoms with Crippen molar-refractivity contribution in [2.75, 3.05) is 20.2 Å². The van der Waals surface area contributed by atoms with E-state index in [1.165, 1.54) is 0 Å². The fourth-order valence-corrected chi connectivity index (χ4v) is 2.46. The Balaban J connectivity index is 1.76. The van der Waals surface area contributed by atoms with Crippen LogP contribution in [0.4, 0.5) is 8.78 Å². The second kappa shape index (κ2) is 11.1. The van der Waals surface area contributed by atoms with Gasteiger partial charge in [-0.05, 0) is 18.6 Å². The molecule has 0 aromatic heterocycles. The smallest absolute Gasteiger partial charge is 0.387 e. The van der Waals surface area contributed by atoms with E-state index < -0.39 is 6.61 Å². The van der Waals surface area contributed by atoms with Crippen molar-refractivity contribution in [2.24, 2.45) is 4.99 Å². The van der Waals surface area contributed by atoms with E-state index in [1.54, 1.807) is 25.2 Å². The van der Waals surface area contributed by atoms with Crippen LogP contribution in [-0.2, 0) is 17.9 Å². The first-order valence-electron chi connectivity index (χ1n) is 8.69. The molecule has 0 aliphatic carbocycles. The van der Waals surface area contributed by atoms with E-state index in [0.29, 0.717) is 37.8 Å². The molecule has 0 radical (unpaired) electrons. The van der Waals surface area contributed by atoms with E-state index in [1.807, 2.05) is 37.3 Å². The molecule has 0 atom stereocenters. The molecule has 0 aliphatic heterocycles. The third-order valence-corrected chi connectivity index (χ3v) is 3.75. The van der Waals surface area contributed by atoms with Gasteiger partial charge in [0.25, 0.3) is 0 Å². The molecule has 0 bridgehead atoms. The maximum atomic E-state index is 12.5. The number of aliphatic imine (C=N–C) groups is 1. The molecule has 2 N–H and O–H groups in total. The van der Waals surface area contributed by atoms with Gasteiger partial charge >= 0.3 is 6.61 Å². The highest BCUT2D eigenvalue weighted by atomic mass is 19.3. The van der Waals surface area contributed by atoms with Crippen LogP contribution >= 0.6 is 0 Å². The number of nitrogens with zero attached hydrogens (tertiary/aromatic N) is 1. The summed E-state index contributed by atoms with van der Waals surface area (Å²) in [6, 6.07) is 15.0. The lowest BCUT2D eigenvalue weighted by molar-refractivity contribution is -0.0504. The van der Waals surface area contributed by atoms with Gasteiger partial charge in [-0.1, -0.05) is 48.0 Å². The molecule has 0 saturated carbocycles. The predicted molar refractivity (Wildman–Crippen MR) is 102 cm³/mol. The van der Waals surface area contributed by atoms with Crippen molar-refractivity contribution in [3.63, 3.8) is 0 Å². The highest BCUT2D eigenvalue weighted by molar-refractivity contribution is 5.79. The van der Waals surface area contributed by atoms with E-state index in [4.69, 9.17) is 4.74 Å². The lowest BCUT2D eigenvalue weighted by atomic mass is 10.1. The molecule has 0 amide bonds. The zero-order chi connectivity index (χ0) is 19.5. The van der Waals surface area contributed by atoms with Gasteiger partial charge in [0.05, 0.1) is 13.2 Å². The summed E-state index contributed by atoms with van der Waals surface area (Å²) >= 11 is 0. The number of ether oxygens (including phenoxy) is 2. The molecule has 0 saturated heterocycles. The summed E-state index contributed by atoms with van der Waals surface area (Å²) in [5.74, 6) is 0.715. The van der Waals surface area contributed by atoms with Crippen LogP contribution in [0.5, 0.6) is 5.75 Å². The van der Waals surface area contributed by atoms with Crippen molar-refractivity contribution in [3.8, 4) is 5.75 Å².